The molecule has 2 aliphatic rings. The third-order valence-corrected chi connectivity index (χ3v) is 4.94. The molecule has 1 aromatic rings. The smallest absolute Gasteiger partial charge is 0.180 e. The standard InChI is InChI=1S/C16H19F2N3S/c1-10-4-2-3-5-14(10)19-16-21-20-15(9-22-16)12-8-11(17)6-7-13(12)18/h6-10,14,20H,2-5H2,1H3,(H,19,21)/t10-,14-/m0/s1. The molecular formula is C16H19F2N3S. The van der Waals surface area contributed by atoms with Crippen molar-refractivity contribution in [1.29, 1.82) is 0 Å². The zero-order valence-corrected chi connectivity index (χ0v) is 13.2. The van der Waals surface area contributed by atoms with E-state index in [1.165, 1.54) is 37.1 Å². The lowest BCUT2D eigenvalue weighted by atomic mass is 9.86. The van der Waals surface area contributed by atoms with Crippen molar-refractivity contribution in [3.8, 4) is 0 Å². The van der Waals surface area contributed by atoms with E-state index in [9.17, 15) is 8.78 Å². The molecule has 1 aliphatic heterocycles. The molecule has 1 aliphatic carbocycles. The predicted molar refractivity (Wildman–Crippen MR) is 87.1 cm³/mol. The van der Waals surface area contributed by atoms with Crippen molar-refractivity contribution >= 4 is 22.6 Å². The van der Waals surface area contributed by atoms with Crippen LogP contribution >= 0.6 is 11.8 Å². The maximum absolute atomic E-state index is 13.8. The zero-order valence-electron chi connectivity index (χ0n) is 12.4. The molecule has 0 bridgehead atoms. The third-order valence-electron chi connectivity index (χ3n) is 4.16. The van der Waals surface area contributed by atoms with Crippen molar-refractivity contribution in [3.63, 3.8) is 0 Å². The normalized spacial score (nSPS) is 27.0. The SMILES string of the molecule is C[C@H]1CCCC[C@@H]1N=C1NNC(c2cc(F)ccc2F)=CS1. The molecule has 0 aromatic heterocycles. The minimum atomic E-state index is -0.459. The minimum Gasteiger partial charge on any atom is -0.298 e. The first kappa shape index (κ1) is 15.3. The van der Waals surface area contributed by atoms with Crippen LogP contribution in [0.5, 0.6) is 0 Å². The summed E-state index contributed by atoms with van der Waals surface area (Å²) in [6.07, 6.45) is 4.83. The van der Waals surface area contributed by atoms with E-state index in [0.717, 1.165) is 23.7 Å². The second-order valence-electron chi connectivity index (χ2n) is 5.79. The highest BCUT2D eigenvalue weighted by Gasteiger charge is 2.22. The number of hydrogen-bond donors (Lipinski definition) is 2. The molecule has 1 saturated carbocycles. The second kappa shape index (κ2) is 6.69. The Morgan fingerprint density at radius 1 is 1.18 bits per heavy atom. The number of nitrogens with zero attached hydrogens (tertiary/aromatic N) is 1. The summed E-state index contributed by atoms with van der Waals surface area (Å²) in [7, 11) is 0. The lowest BCUT2D eigenvalue weighted by Gasteiger charge is -2.27. The van der Waals surface area contributed by atoms with Gasteiger partial charge in [-0.05, 0) is 37.0 Å². The molecule has 3 rings (SSSR count). The van der Waals surface area contributed by atoms with Crippen molar-refractivity contribution in [2.75, 3.05) is 0 Å². The highest BCUT2D eigenvalue weighted by molar-refractivity contribution is 8.16. The van der Waals surface area contributed by atoms with Gasteiger partial charge < -0.3 is 0 Å². The van der Waals surface area contributed by atoms with Gasteiger partial charge in [-0.3, -0.25) is 15.8 Å². The monoisotopic (exact) mass is 323 g/mol. The Labute approximate surface area is 133 Å². The number of hydrazine groups is 1. The number of amidine groups is 1. The van der Waals surface area contributed by atoms with Crippen LogP contribution in [0.1, 0.15) is 38.2 Å². The van der Waals surface area contributed by atoms with Gasteiger partial charge in [0, 0.05) is 11.0 Å². The molecule has 2 atom stereocenters. The summed E-state index contributed by atoms with van der Waals surface area (Å²) >= 11 is 1.40. The molecule has 0 radical (unpaired) electrons. The van der Waals surface area contributed by atoms with Gasteiger partial charge >= 0.3 is 0 Å². The van der Waals surface area contributed by atoms with Crippen LogP contribution in [0, 0.1) is 17.6 Å². The summed E-state index contributed by atoms with van der Waals surface area (Å²) in [5, 5.41) is 2.54. The summed E-state index contributed by atoms with van der Waals surface area (Å²) in [6.45, 7) is 2.23. The Kier molecular flexibility index (Phi) is 4.66. The third kappa shape index (κ3) is 3.43. The van der Waals surface area contributed by atoms with Gasteiger partial charge in [0.1, 0.15) is 11.6 Å². The fraction of sp³-hybridized carbons (Fsp3) is 0.438. The maximum atomic E-state index is 13.8. The van der Waals surface area contributed by atoms with Crippen LogP contribution in [-0.4, -0.2) is 11.2 Å². The molecule has 1 fully saturated rings. The summed E-state index contributed by atoms with van der Waals surface area (Å²) < 4.78 is 27.0. The van der Waals surface area contributed by atoms with E-state index in [-0.39, 0.29) is 5.56 Å². The minimum absolute atomic E-state index is 0.213. The van der Waals surface area contributed by atoms with Crippen LogP contribution in [0.15, 0.2) is 28.6 Å². The summed E-state index contributed by atoms with van der Waals surface area (Å²) in [4.78, 5) is 4.74. The number of thioether (sulfide) groups is 1. The van der Waals surface area contributed by atoms with Crippen molar-refractivity contribution in [2.45, 2.75) is 38.6 Å². The van der Waals surface area contributed by atoms with Crippen molar-refractivity contribution in [3.05, 3.63) is 40.8 Å². The molecule has 0 unspecified atom stereocenters. The van der Waals surface area contributed by atoms with E-state index >= 15 is 0 Å². The van der Waals surface area contributed by atoms with Gasteiger partial charge in [0.2, 0.25) is 0 Å². The molecular weight excluding hydrogens is 304 g/mol. The van der Waals surface area contributed by atoms with Crippen LogP contribution in [0.2, 0.25) is 0 Å². The Hall–Kier alpha value is -1.56. The predicted octanol–water partition coefficient (Wildman–Crippen LogP) is 4.04. The van der Waals surface area contributed by atoms with Crippen LogP contribution < -0.4 is 10.9 Å². The molecule has 0 amide bonds. The van der Waals surface area contributed by atoms with Gasteiger partial charge in [-0.2, -0.15) is 0 Å². The zero-order chi connectivity index (χ0) is 15.5. The average molecular weight is 323 g/mol. The first-order valence-electron chi connectivity index (χ1n) is 7.55. The van der Waals surface area contributed by atoms with E-state index in [0.29, 0.717) is 17.7 Å². The topological polar surface area (TPSA) is 36.4 Å². The first-order chi connectivity index (χ1) is 10.6. The molecule has 118 valence electrons. The van der Waals surface area contributed by atoms with E-state index in [1.807, 2.05) is 0 Å². The lowest BCUT2D eigenvalue weighted by Crippen LogP contribution is -2.38. The number of rotatable bonds is 2. The van der Waals surface area contributed by atoms with E-state index in [4.69, 9.17) is 4.99 Å². The van der Waals surface area contributed by atoms with Gasteiger partial charge in [-0.15, -0.1) is 0 Å². The molecule has 22 heavy (non-hydrogen) atoms. The van der Waals surface area contributed by atoms with Crippen molar-refractivity contribution < 1.29 is 8.78 Å². The van der Waals surface area contributed by atoms with Crippen LogP contribution in [-0.2, 0) is 0 Å². The number of benzene rings is 1. The Bertz CT molecular complexity index is 615. The fourth-order valence-corrected chi connectivity index (χ4v) is 3.55. The van der Waals surface area contributed by atoms with E-state index in [1.54, 1.807) is 5.41 Å². The Balaban J connectivity index is 1.73. The van der Waals surface area contributed by atoms with Gasteiger partial charge in [0.15, 0.2) is 5.17 Å². The number of nitrogens with one attached hydrogen (secondary N) is 2. The average Bonchev–Trinajstić information content (AvgIpc) is 2.53. The molecule has 6 heteroatoms. The maximum Gasteiger partial charge on any atom is 0.180 e. The summed E-state index contributed by atoms with van der Waals surface area (Å²) in [5.41, 5.74) is 6.62. The van der Waals surface area contributed by atoms with Gasteiger partial charge in [0.25, 0.3) is 0 Å². The Morgan fingerprint density at radius 2 is 2.00 bits per heavy atom. The van der Waals surface area contributed by atoms with Crippen molar-refractivity contribution in [2.24, 2.45) is 10.9 Å². The molecule has 0 spiro atoms. The Morgan fingerprint density at radius 3 is 2.73 bits per heavy atom. The fourth-order valence-electron chi connectivity index (χ4n) is 2.83. The van der Waals surface area contributed by atoms with E-state index in [2.05, 4.69) is 17.8 Å². The molecule has 3 nitrogen and oxygen atoms in total. The largest absolute Gasteiger partial charge is 0.298 e. The van der Waals surface area contributed by atoms with Gasteiger partial charge in [-0.1, -0.05) is 31.5 Å². The molecule has 1 heterocycles. The van der Waals surface area contributed by atoms with Crippen LogP contribution in [0.4, 0.5) is 8.78 Å². The molecule has 0 saturated heterocycles. The quantitative estimate of drug-likeness (QED) is 0.862. The van der Waals surface area contributed by atoms with Crippen LogP contribution in [0.25, 0.3) is 5.70 Å². The lowest BCUT2D eigenvalue weighted by molar-refractivity contribution is 0.332. The highest BCUT2D eigenvalue weighted by atomic mass is 32.2. The highest BCUT2D eigenvalue weighted by Crippen LogP contribution is 2.28. The van der Waals surface area contributed by atoms with Gasteiger partial charge in [0.05, 0.1) is 11.7 Å². The van der Waals surface area contributed by atoms with E-state index < -0.39 is 11.6 Å². The number of aliphatic imine (C=N–C) groups is 1. The first-order valence-corrected chi connectivity index (χ1v) is 8.43. The molecule has 1 aromatic carbocycles. The van der Waals surface area contributed by atoms with Crippen molar-refractivity contribution in [1.82, 2.24) is 10.9 Å². The summed E-state index contributed by atoms with van der Waals surface area (Å²) in [5.74, 6) is -0.321. The number of halogens is 2. The summed E-state index contributed by atoms with van der Waals surface area (Å²) in [6, 6.07) is 3.76. The second-order valence-corrected chi connectivity index (χ2v) is 6.64. The molecule has 2 N–H and O–H groups in total. The van der Waals surface area contributed by atoms with Gasteiger partial charge in [-0.25, -0.2) is 8.78 Å². The number of hydrogen-bond acceptors (Lipinski definition) is 3. The van der Waals surface area contributed by atoms with Crippen LogP contribution in [0.3, 0.4) is 0 Å².